The standard InChI is InChI=1S/C12H15ClFNO/c13-12-9(2-1-3-11(12)14)8-16-10-4-6-15-7-5-10/h1-3,10,15H,4-8H2. The van der Waals surface area contributed by atoms with Crippen LogP contribution in [0.2, 0.25) is 5.02 Å². The summed E-state index contributed by atoms with van der Waals surface area (Å²) in [6, 6.07) is 4.81. The maximum Gasteiger partial charge on any atom is 0.142 e. The number of halogens is 2. The summed E-state index contributed by atoms with van der Waals surface area (Å²) in [5.41, 5.74) is 0.722. The highest BCUT2D eigenvalue weighted by atomic mass is 35.5. The number of piperidine rings is 1. The largest absolute Gasteiger partial charge is 0.373 e. The highest BCUT2D eigenvalue weighted by Crippen LogP contribution is 2.21. The zero-order valence-electron chi connectivity index (χ0n) is 9.01. The van der Waals surface area contributed by atoms with Crippen molar-refractivity contribution in [2.45, 2.75) is 25.6 Å². The van der Waals surface area contributed by atoms with Gasteiger partial charge in [-0.25, -0.2) is 4.39 Å². The lowest BCUT2D eigenvalue weighted by Crippen LogP contribution is -2.32. The first-order valence-corrected chi connectivity index (χ1v) is 5.90. The zero-order valence-corrected chi connectivity index (χ0v) is 9.77. The summed E-state index contributed by atoms with van der Waals surface area (Å²) in [6.07, 6.45) is 2.28. The number of benzene rings is 1. The Morgan fingerprint density at radius 1 is 1.38 bits per heavy atom. The minimum Gasteiger partial charge on any atom is -0.373 e. The van der Waals surface area contributed by atoms with Crippen LogP contribution >= 0.6 is 11.6 Å². The van der Waals surface area contributed by atoms with Crippen LogP contribution in [0.5, 0.6) is 0 Å². The third kappa shape index (κ3) is 2.94. The second kappa shape index (κ2) is 5.62. The topological polar surface area (TPSA) is 21.3 Å². The summed E-state index contributed by atoms with van der Waals surface area (Å²) in [5.74, 6) is -0.381. The highest BCUT2D eigenvalue weighted by molar-refractivity contribution is 6.31. The smallest absolute Gasteiger partial charge is 0.142 e. The van der Waals surface area contributed by atoms with Crippen LogP contribution in [0.1, 0.15) is 18.4 Å². The van der Waals surface area contributed by atoms with Crippen LogP contribution in [0, 0.1) is 5.82 Å². The van der Waals surface area contributed by atoms with Crippen LogP contribution in [0.25, 0.3) is 0 Å². The summed E-state index contributed by atoms with van der Waals surface area (Å²) < 4.78 is 18.9. The lowest BCUT2D eigenvalue weighted by Gasteiger charge is -2.23. The minimum absolute atomic E-state index is 0.177. The van der Waals surface area contributed by atoms with Gasteiger partial charge >= 0.3 is 0 Å². The van der Waals surface area contributed by atoms with Crippen molar-refractivity contribution in [2.24, 2.45) is 0 Å². The molecule has 16 heavy (non-hydrogen) atoms. The lowest BCUT2D eigenvalue weighted by atomic mass is 10.1. The van der Waals surface area contributed by atoms with E-state index in [1.54, 1.807) is 12.1 Å². The van der Waals surface area contributed by atoms with E-state index in [9.17, 15) is 4.39 Å². The minimum atomic E-state index is -0.381. The molecule has 0 saturated carbocycles. The quantitative estimate of drug-likeness (QED) is 0.882. The Labute approximate surface area is 99.7 Å². The Bertz CT molecular complexity index is 353. The van der Waals surface area contributed by atoms with E-state index in [2.05, 4.69) is 5.32 Å². The van der Waals surface area contributed by atoms with Gasteiger partial charge in [-0.3, -0.25) is 0 Å². The molecule has 0 bridgehead atoms. The van der Waals surface area contributed by atoms with Gasteiger partial charge in [0.05, 0.1) is 17.7 Å². The van der Waals surface area contributed by atoms with Gasteiger partial charge in [0.2, 0.25) is 0 Å². The predicted molar refractivity (Wildman–Crippen MR) is 62.1 cm³/mol. The summed E-state index contributed by atoms with van der Waals surface area (Å²) in [7, 11) is 0. The van der Waals surface area contributed by atoms with Gasteiger partial charge in [-0.1, -0.05) is 23.7 Å². The molecule has 0 aromatic heterocycles. The summed E-state index contributed by atoms with van der Waals surface area (Å²) in [4.78, 5) is 0. The Morgan fingerprint density at radius 2 is 2.12 bits per heavy atom. The van der Waals surface area contributed by atoms with E-state index in [1.807, 2.05) is 0 Å². The van der Waals surface area contributed by atoms with Gasteiger partial charge in [0.1, 0.15) is 5.82 Å². The molecular weight excluding hydrogens is 229 g/mol. The number of hydrogen-bond acceptors (Lipinski definition) is 2. The molecule has 2 nitrogen and oxygen atoms in total. The van der Waals surface area contributed by atoms with Crippen molar-refractivity contribution in [3.8, 4) is 0 Å². The van der Waals surface area contributed by atoms with Crippen LogP contribution in [0.3, 0.4) is 0 Å². The number of hydrogen-bond donors (Lipinski definition) is 1. The number of ether oxygens (including phenoxy) is 1. The van der Waals surface area contributed by atoms with Crippen LogP contribution in [-0.2, 0) is 11.3 Å². The molecule has 1 aliphatic rings. The molecule has 0 amide bonds. The Morgan fingerprint density at radius 3 is 2.88 bits per heavy atom. The third-order valence-corrected chi connectivity index (χ3v) is 3.22. The molecule has 1 heterocycles. The first kappa shape index (κ1) is 11.8. The molecule has 0 atom stereocenters. The molecule has 1 aliphatic heterocycles. The Balaban J connectivity index is 1.91. The molecule has 0 aliphatic carbocycles. The van der Waals surface area contributed by atoms with Crippen molar-refractivity contribution in [1.29, 1.82) is 0 Å². The fourth-order valence-corrected chi connectivity index (χ4v) is 2.01. The van der Waals surface area contributed by atoms with E-state index in [4.69, 9.17) is 16.3 Å². The summed E-state index contributed by atoms with van der Waals surface area (Å²) in [5, 5.41) is 3.44. The Hall–Kier alpha value is -0.640. The van der Waals surface area contributed by atoms with Gasteiger partial charge in [-0.2, -0.15) is 0 Å². The maximum atomic E-state index is 13.1. The van der Waals surface area contributed by atoms with Gasteiger partial charge in [0.25, 0.3) is 0 Å². The fourth-order valence-electron chi connectivity index (χ4n) is 1.83. The molecule has 1 fully saturated rings. The summed E-state index contributed by atoms with van der Waals surface area (Å²) >= 11 is 5.84. The first-order chi connectivity index (χ1) is 7.77. The Kier molecular flexibility index (Phi) is 4.16. The average molecular weight is 244 g/mol. The normalized spacial score (nSPS) is 17.6. The van der Waals surface area contributed by atoms with Crippen LogP contribution in [0.15, 0.2) is 18.2 Å². The molecule has 1 saturated heterocycles. The molecule has 0 unspecified atom stereocenters. The second-order valence-corrected chi connectivity index (χ2v) is 4.35. The molecule has 0 radical (unpaired) electrons. The van der Waals surface area contributed by atoms with Crippen LogP contribution in [0.4, 0.5) is 4.39 Å². The van der Waals surface area contributed by atoms with E-state index in [-0.39, 0.29) is 16.9 Å². The van der Waals surface area contributed by atoms with Crippen molar-refractivity contribution in [3.63, 3.8) is 0 Å². The second-order valence-electron chi connectivity index (χ2n) is 3.97. The molecule has 0 spiro atoms. The monoisotopic (exact) mass is 243 g/mol. The van der Waals surface area contributed by atoms with Crippen LogP contribution < -0.4 is 5.32 Å². The molecule has 1 N–H and O–H groups in total. The molecule has 1 aromatic carbocycles. The van der Waals surface area contributed by atoms with Crippen molar-refractivity contribution in [2.75, 3.05) is 13.1 Å². The third-order valence-electron chi connectivity index (χ3n) is 2.79. The van der Waals surface area contributed by atoms with E-state index >= 15 is 0 Å². The van der Waals surface area contributed by atoms with Gasteiger partial charge in [-0.05, 0) is 37.6 Å². The molecule has 88 valence electrons. The van der Waals surface area contributed by atoms with Crippen molar-refractivity contribution >= 4 is 11.6 Å². The van der Waals surface area contributed by atoms with Gasteiger partial charge in [0.15, 0.2) is 0 Å². The molecular formula is C12H15ClFNO. The first-order valence-electron chi connectivity index (χ1n) is 5.52. The van der Waals surface area contributed by atoms with E-state index < -0.39 is 0 Å². The van der Waals surface area contributed by atoms with Gasteiger partial charge in [0, 0.05) is 0 Å². The van der Waals surface area contributed by atoms with Gasteiger partial charge < -0.3 is 10.1 Å². The van der Waals surface area contributed by atoms with E-state index in [0.29, 0.717) is 6.61 Å². The van der Waals surface area contributed by atoms with E-state index in [0.717, 1.165) is 31.5 Å². The van der Waals surface area contributed by atoms with Crippen molar-refractivity contribution in [1.82, 2.24) is 5.32 Å². The maximum absolute atomic E-state index is 13.1. The molecule has 1 aromatic rings. The van der Waals surface area contributed by atoms with Crippen LogP contribution in [-0.4, -0.2) is 19.2 Å². The van der Waals surface area contributed by atoms with Gasteiger partial charge in [-0.15, -0.1) is 0 Å². The van der Waals surface area contributed by atoms with Crippen molar-refractivity contribution < 1.29 is 9.13 Å². The van der Waals surface area contributed by atoms with Crippen molar-refractivity contribution in [3.05, 3.63) is 34.6 Å². The fraction of sp³-hybridized carbons (Fsp3) is 0.500. The highest BCUT2D eigenvalue weighted by Gasteiger charge is 2.14. The zero-order chi connectivity index (χ0) is 11.4. The summed E-state index contributed by atoms with van der Waals surface area (Å²) in [6.45, 7) is 2.37. The van der Waals surface area contributed by atoms with E-state index in [1.165, 1.54) is 6.07 Å². The lowest BCUT2D eigenvalue weighted by molar-refractivity contribution is 0.0212. The SMILES string of the molecule is Fc1cccc(COC2CCNCC2)c1Cl. The average Bonchev–Trinajstić information content (AvgIpc) is 2.32. The molecule has 2 rings (SSSR count). The molecule has 4 heteroatoms. The predicted octanol–water partition coefficient (Wildman–Crippen LogP) is 2.75. The number of rotatable bonds is 3. The number of nitrogens with one attached hydrogen (secondary N) is 1.